The number of aliphatic hydroxyl groups is 2. The van der Waals surface area contributed by atoms with Crippen LogP contribution in [0.3, 0.4) is 0 Å². The summed E-state index contributed by atoms with van der Waals surface area (Å²) in [4.78, 5) is 11.6. The van der Waals surface area contributed by atoms with E-state index in [-0.39, 0.29) is 6.04 Å². The molecule has 18 heavy (non-hydrogen) atoms. The van der Waals surface area contributed by atoms with Crippen LogP contribution >= 0.6 is 0 Å². The number of ether oxygens (including phenoxy) is 1. The normalized spacial score (nSPS) is 29.2. The highest BCUT2D eigenvalue weighted by atomic mass is 16.6. The Hall–Kier alpha value is -1.23. The summed E-state index contributed by atoms with van der Waals surface area (Å²) in [5.74, 6) is 0. The maximum atomic E-state index is 11.6. The Balaban J connectivity index is 2.38. The minimum Gasteiger partial charge on any atom is -0.516 e. The third kappa shape index (κ3) is 4.96. The van der Waals surface area contributed by atoms with Crippen molar-refractivity contribution in [3.63, 3.8) is 0 Å². The zero-order valence-electron chi connectivity index (χ0n) is 11.3. The van der Waals surface area contributed by atoms with Gasteiger partial charge in [-0.05, 0) is 52.5 Å². The minimum absolute atomic E-state index is 0.0206. The van der Waals surface area contributed by atoms with Crippen LogP contribution in [0.25, 0.3) is 0 Å². The third-order valence-electron chi connectivity index (χ3n) is 2.96. The van der Waals surface area contributed by atoms with Crippen LogP contribution in [0.5, 0.6) is 0 Å². The van der Waals surface area contributed by atoms with Gasteiger partial charge in [0.05, 0.1) is 11.9 Å². The molecule has 0 aromatic heterocycles. The molecule has 0 saturated heterocycles. The molecule has 5 nitrogen and oxygen atoms in total. The number of carbonyl (C=O) groups excluding carboxylic acids is 1. The van der Waals surface area contributed by atoms with Crippen LogP contribution in [0.4, 0.5) is 4.79 Å². The molecule has 0 bridgehead atoms. The average Bonchev–Trinajstić information content (AvgIpc) is 2.19. The van der Waals surface area contributed by atoms with E-state index in [0.717, 1.165) is 6.26 Å². The Morgan fingerprint density at radius 2 is 1.94 bits per heavy atom. The summed E-state index contributed by atoms with van der Waals surface area (Å²) in [6, 6.07) is 0.0206. The fraction of sp³-hybridized carbons (Fsp3) is 0.769. The molecule has 1 aliphatic rings. The Kier molecular flexibility index (Phi) is 4.62. The molecule has 1 saturated carbocycles. The van der Waals surface area contributed by atoms with Crippen molar-refractivity contribution >= 4 is 6.09 Å². The number of amides is 1. The van der Waals surface area contributed by atoms with E-state index in [4.69, 9.17) is 9.84 Å². The molecule has 1 rings (SSSR count). The summed E-state index contributed by atoms with van der Waals surface area (Å²) < 4.78 is 5.17. The molecule has 1 amide bonds. The summed E-state index contributed by atoms with van der Waals surface area (Å²) in [6.45, 7) is 5.45. The topological polar surface area (TPSA) is 78.8 Å². The molecular weight excluding hydrogens is 234 g/mol. The van der Waals surface area contributed by atoms with Crippen LogP contribution in [0, 0.1) is 0 Å². The van der Waals surface area contributed by atoms with E-state index in [1.165, 1.54) is 6.08 Å². The van der Waals surface area contributed by atoms with E-state index in [1.807, 2.05) is 20.8 Å². The van der Waals surface area contributed by atoms with Crippen LogP contribution in [0.2, 0.25) is 0 Å². The maximum absolute atomic E-state index is 11.6. The molecular formula is C13H23NO4. The number of carbonyl (C=O) groups is 1. The second kappa shape index (κ2) is 5.61. The maximum Gasteiger partial charge on any atom is 0.407 e. The molecule has 0 aromatic rings. The van der Waals surface area contributed by atoms with Gasteiger partial charge in [0, 0.05) is 6.04 Å². The highest BCUT2D eigenvalue weighted by Crippen LogP contribution is 2.29. The van der Waals surface area contributed by atoms with Crippen molar-refractivity contribution in [2.75, 3.05) is 0 Å². The molecule has 0 aliphatic heterocycles. The van der Waals surface area contributed by atoms with E-state index in [2.05, 4.69) is 5.32 Å². The van der Waals surface area contributed by atoms with Crippen molar-refractivity contribution in [1.29, 1.82) is 0 Å². The van der Waals surface area contributed by atoms with Gasteiger partial charge in [-0.2, -0.15) is 0 Å². The number of alkyl carbamates (subject to hydrolysis) is 1. The van der Waals surface area contributed by atoms with Gasteiger partial charge in [-0.1, -0.05) is 0 Å². The first-order valence-corrected chi connectivity index (χ1v) is 6.28. The first-order chi connectivity index (χ1) is 8.24. The fourth-order valence-corrected chi connectivity index (χ4v) is 2.04. The highest BCUT2D eigenvalue weighted by molar-refractivity contribution is 5.68. The third-order valence-corrected chi connectivity index (χ3v) is 2.96. The summed E-state index contributed by atoms with van der Waals surface area (Å²) in [7, 11) is 0. The second-order valence-electron chi connectivity index (χ2n) is 5.84. The van der Waals surface area contributed by atoms with Crippen molar-refractivity contribution in [3.05, 3.63) is 12.3 Å². The van der Waals surface area contributed by atoms with Gasteiger partial charge >= 0.3 is 6.09 Å². The van der Waals surface area contributed by atoms with Gasteiger partial charge in [-0.3, -0.25) is 0 Å². The highest BCUT2D eigenvalue weighted by Gasteiger charge is 2.32. The van der Waals surface area contributed by atoms with Crippen molar-refractivity contribution in [2.24, 2.45) is 0 Å². The molecule has 0 radical (unpaired) electrons. The summed E-state index contributed by atoms with van der Waals surface area (Å²) >= 11 is 0. The molecule has 1 fully saturated rings. The van der Waals surface area contributed by atoms with Crippen molar-refractivity contribution in [1.82, 2.24) is 5.32 Å². The SMILES string of the molecule is CC(C)(C)OC(=O)N[C@H]1CC[C@@](O)(/C=C/O)CC1. The lowest BCUT2D eigenvalue weighted by Crippen LogP contribution is -2.44. The molecule has 104 valence electrons. The molecule has 3 N–H and O–H groups in total. The molecule has 0 aromatic carbocycles. The number of rotatable bonds is 2. The van der Waals surface area contributed by atoms with Gasteiger partial charge in [0.2, 0.25) is 0 Å². The van der Waals surface area contributed by atoms with Gasteiger partial charge in [0.25, 0.3) is 0 Å². The number of hydrogen-bond acceptors (Lipinski definition) is 4. The predicted molar refractivity (Wildman–Crippen MR) is 68.3 cm³/mol. The van der Waals surface area contributed by atoms with Crippen LogP contribution in [-0.2, 0) is 4.74 Å². The zero-order chi connectivity index (χ0) is 13.8. The molecule has 0 atom stereocenters. The van der Waals surface area contributed by atoms with Crippen molar-refractivity contribution in [3.8, 4) is 0 Å². The molecule has 1 aliphatic carbocycles. The lowest BCUT2D eigenvalue weighted by Gasteiger charge is -2.34. The quantitative estimate of drug-likeness (QED) is 0.663. The van der Waals surface area contributed by atoms with E-state index < -0.39 is 17.3 Å². The monoisotopic (exact) mass is 257 g/mol. The smallest absolute Gasteiger partial charge is 0.407 e. The Labute approximate surface area is 108 Å². The van der Waals surface area contributed by atoms with Gasteiger partial charge in [0.1, 0.15) is 5.60 Å². The van der Waals surface area contributed by atoms with E-state index in [9.17, 15) is 9.90 Å². The molecule has 0 unspecified atom stereocenters. The predicted octanol–water partition coefficient (Wildman–Crippen LogP) is 2.26. The second-order valence-corrected chi connectivity index (χ2v) is 5.84. The number of nitrogens with one attached hydrogen (secondary N) is 1. The van der Waals surface area contributed by atoms with Crippen molar-refractivity contribution in [2.45, 2.75) is 63.7 Å². The van der Waals surface area contributed by atoms with Gasteiger partial charge in [-0.25, -0.2) is 4.79 Å². The Bertz CT molecular complexity index is 311. The first-order valence-electron chi connectivity index (χ1n) is 6.28. The lowest BCUT2D eigenvalue weighted by atomic mass is 9.82. The van der Waals surface area contributed by atoms with E-state index in [0.29, 0.717) is 25.7 Å². The Morgan fingerprint density at radius 3 is 2.39 bits per heavy atom. The fourth-order valence-electron chi connectivity index (χ4n) is 2.04. The average molecular weight is 257 g/mol. The summed E-state index contributed by atoms with van der Waals surface area (Å²) in [5.41, 5.74) is -1.44. The summed E-state index contributed by atoms with van der Waals surface area (Å²) in [6.07, 6.45) is 4.23. The first kappa shape index (κ1) is 14.8. The largest absolute Gasteiger partial charge is 0.516 e. The number of aliphatic hydroxyl groups excluding tert-OH is 1. The van der Waals surface area contributed by atoms with Crippen molar-refractivity contribution < 1.29 is 19.7 Å². The number of hydrogen-bond donors (Lipinski definition) is 3. The van der Waals surface area contributed by atoms with Gasteiger partial charge < -0.3 is 20.3 Å². The van der Waals surface area contributed by atoms with E-state index in [1.54, 1.807) is 0 Å². The van der Waals surface area contributed by atoms with Crippen LogP contribution in [-0.4, -0.2) is 33.6 Å². The molecule has 5 heteroatoms. The van der Waals surface area contributed by atoms with Gasteiger partial charge in [-0.15, -0.1) is 0 Å². The molecule has 0 spiro atoms. The van der Waals surface area contributed by atoms with E-state index >= 15 is 0 Å². The summed E-state index contributed by atoms with van der Waals surface area (Å²) in [5, 5.41) is 21.5. The van der Waals surface area contributed by atoms with Crippen LogP contribution in [0.1, 0.15) is 46.5 Å². The molecule has 0 heterocycles. The minimum atomic E-state index is -0.944. The lowest BCUT2D eigenvalue weighted by molar-refractivity contribution is 0.0286. The van der Waals surface area contributed by atoms with Gasteiger partial charge in [0.15, 0.2) is 0 Å². The standard InChI is InChI=1S/C13H23NO4/c1-12(2,3)18-11(16)14-10-4-6-13(17,7-5-10)8-9-15/h8-10,15,17H,4-7H2,1-3H3,(H,14,16)/b9-8+/t10-,13-. The van der Waals surface area contributed by atoms with Crippen LogP contribution < -0.4 is 5.32 Å². The van der Waals surface area contributed by atoms with Crippen LogP contribution in [0.15, 0.2) is 12.3 Å². The Morgan fingerprint density at radius 1 is 1.39 bits per heavy atom. The zero-order valence-corrected chi connectivity index (χ0v) is 11.3.